The van der Waals surface area contributed by atoms with E-state index in [0.29, 0.717) is 29.9 Å². The molecule has 2 amide bonds. The third kappa shape index (κ3) is 4.40. The van der Waals surface area contributed by atoms with E-state index in [4.69, 9.17) is 0 Å². The van der Waals surface area contributed by atoms with Crippen LogP contribution in [-0.4, -0.2) is 32.9 Å². The van der Waals surface area contributed by atoms with Crippen molar-refractivity contribution in [3.8, 4) is 11.1 Å². The molecule has 0 fully saturated rings. The van der Waals surface area contributed by atoms with Gasteiger partial charge >= 0.3 is 11.8 Å². The van der Waals surface area contributed by atoms with E-state index in [1.165, 1.54) is 18.3 Å². The summed E-state index contributed by atoms with van der Waals surface area (Å²) < 4.78 is 15.0. The second-order valence-corrected chi connectivity index (χ2v) is 6.25. The summed E-state index contributed by atoms with van der Waals surface area (Å²) >= 11 is 0. The average Bonchev–Trinajstić information content (AvgIpc) is 3.01. The minimum absolute atomic E-state index is 0.292. The van der Waals surface area contributed by atoms with Gasteiger partial charge in [0.2, 0.25) is 0 Å². The van der Waals surface area contributed by atoms with Gasteiger partial charge in [-0.15, -0.1) is 0 Å². The summed E-state index contributed by atoms with van der Waals surface area (Å²) in [4.78, 5) is 32.5. The van der Waals surface area contributed by atoms with Gasteiger partial charge in [0, 0.05) is 30.5 Å². The number of anilines is 1. The number of hydrogen-bond acceptors (Lipinski definition) is 4. The van der Waals surface area contributed by atoms with Crippen LogP contribution < -0.4 is 10.6 Å². The first-order valence-corrected chi connectivity index (χ1v) is 8.73. The first-order valence-electron chi connectivity index (χ1n) is 8.73. The van der Waals surface area contributed by atoms with Gasteiger partial charge in [0.25, 0.3) is 0 Å². The number of carbonyl (C=O) groups is 2. The molecule has 3 aromatic rings. The average molecular weight is 381 g/mol. The number of carbonyl (C=O) groups excluding carboxylic acids is 2. The number of amides is 2. The van der Waals surface area contributed by atoms with E-state index in [9.17, 15) is 14.0 Å². The SMILES string of the molecule is Cc1ncn(CCNC(=O)C(=O)Nc2cnccc2-c2ccc(F)cc2)c1C. The maximum atomic E-state index is 13.1. The summed E-state index contributed by atoms with van der Waals surface area (Å²) in [7, 11) is 0. The quantitative estimate of drug-likeness (QED) is 0.665. The fraction of sp³-hybridized carbons (Fsp3) is 0.200. The molecule has 0 spiro atoms. The number of halogens is 1. The molecule has 0 radical (unpaired) electrons. The molecule has 2 N–H and O–H groups in total. The molecular formula is C20H20FN5O2. The van der Waals surface area contributed by atoms with Crippen LogP contribution in [0.3, 0.4) is 0 Å². The first kappa shape index (κ1) is 19.2. The number of benzene rings is 1. The smallest absolute Gasteiger partial charge is 0.313 e. The highest BCUT2D eigenvalue weighted by Crippen LogP contribution is 2.27. The van der Waals surface area contributed by atoms with E-state index < -0.39 is 11.8 Å². The van der Waals surface area contributed by atoms with E-state index in [1.807, 2.05) is 18.4 Å². The van der Waals surface area contributed by atoms with Crippen LogP contribution >= 0.6 is 0 Å². The van der Waals surface area contributed by atoms with Crippen molar-refractivity contribution < 1.29 is 14.0 Å². The van der Waals surface area contributed by atoms with Crippen molar-refractivity contribution >= 4 is 17.5 Å². The van der Waals surface area contributed by atoms with Crippen LogP contribution in [0.2, 0.25) is 0 Å². The zero-order valence-electron chi connectivity index (χ0n) is 15.6. The molecule has 144 valence electrons. The molecule has 0 atom stereocenters. The molecule has 8 heteroatoms. The lowest BCUT2D eigenvalue weighted by Gasteiger charge is -2.11. The third-order valence-corrected chi connectivity index (χ3v) is 4.41. The molecule has 2 heterocycles. The van der Waals surface area contributed by atoms with E-state index in [1.54, 1.807) is 30.7 Å². The Morgan fingerprint density at radius 2 is 1.86 bits per heavy atom. The van der Waals surface area contributed by atoms with Crippen LogP contribution in [0.1, 0.15) is 11.4 Å². The predicted octanol–water partition coefficient (Wildman–Crippen LogP) is 2.46. The lowest BCUT2D eigenvalue weighted by molar-refractivity contribution is -0.136. The second-order valence-electron chi connectivity index (χ2n) is 6.25. The Hall–Kier alpha value is -3.55. The van der Waals surface area contributed by atoms with Crippen LogP contribution in [0.4, 0.5) is 10.1 Å². The maximum absolute atomic E-state index is 13.1. The van der Waals surface area contributed by atoms with Gasteiger partial charge in [0.15, 0.2) is 0 Å². The van der Waals surface area contributed by atoms with E-state index in [0.717, 1.165) is 11.4 Å². The lowest BCUT2D eigenvalue weighted by atomic mass is 10.1. The number of pyridine rings is 1. The van der Waals surface area contributed by atoms with Crippen molar-refractivity contribution in [3.63, 3.8) is 0 Å². The molecule has 7 nitrogen and oxygen atoms in total. The van der Waals surface area contributed by atoms with Crippen molar-refractivity contribution in [2.75, 3.05) is 11.9 Å². The molecule has 3 rings (SSSR count). The Kier molecular flexibility index (Phi) is 5.78. The predicted molar refractivity (Wildman–Crippen MR) is 103 cm³/mol. The normalized spacial score (nSPS) is 10.5. The van der Waals surface area contributed by atoms with E-state index in [2.05, 4.69) is 20.6 Å². The number of nitrogens with zero attached hydrogens (tertiary/aromatic N) is 3. The zero-order valence-corrected chi connectivity index (χ0v) is 15.6. The van der Waals surface area contributed by atoms with Gasteiger partial charge in [-0.05, 0) is 37.6 Å². The fourth-order valence-electron chi connectivity index (χ4n) is 2.69. The molecule has 0 saturated heterocycles. The minimum Gasteiger partial charge on any atom is -0.346 e. The first-order chi connectivity index (χ1) is 13.5. The summed E-state index contributed by atoms with van der Waals surface area (Å²) in [6, 6.07) is 7.53. The van der Waals surface area contributed by atoms with Crippen LogP contribution in [0, 0.1) is 19.7 Å². The monoisotopic (exact) mass is 381 g/mol. The van der Waals surface area contributed by atoms with Gasteiger partial charge in [-0.1, -0.05) is 12.1 Å². The minimum atomic E-state index is -0.796. The Bertz CT molecular complexity index is 998. The van der Waals surface area contributed by atoms with Gasteiger partial charge in [-0.2, -0.15) is 0 Å². The lowest BCUT2D eigenvalue weighted by Crippen LogP contribution is -2.37. The number of imidazole rings is 1. The molecule has 28 heavy (non-hydrogen) atoms. The Balaban J connectivity index is 1.62. The molecule has 2 aromatic heterocycles. The number of rotatable bonds is 5. The molecule has 0 aliphatic rings. The highest BCUT2D eigenvalue weighted by atomic mass is 19.1. The fourth-order valence-corrected chi connectivity index (χ4v) is 2.69. The van der Waals surface area contributed by atoms with Gasteiger partial charge < -0.3 is 15.2 Å². The van der Waals surface area contributed by atoms with Gasteiger partial charge in [-0.3, -0.25) is 14.6 Å². The molecule has 1 aromatic carbocycles. The molecule has 0 unspecified atom stereocenters. The molecule has 0 aliphatic carbocycles. The summed E-state index contributed by atoms with van der Waals surface area (Å²) in [6.07, 6.45) is 4.70. The number of nitrogens with one attached hydrogen (secondary N) is 2. The van der Waals surface area contributed by atoms with Crippen molar-refractivity contribution in [2.45, 2.75) is 20.4 Å². The van der Waals surface area contributed by atoms with Gasteiger partial charge in [-0.25, -0.2) is 9.37 Å². The Morgan fingerprint density at radius 1 is 1.11 bits per heavy atom. The highest BCUT2D eigenvalue weighted by molar-refractivity contribution is 6.39. The number of aryl methyl sites for hydroxylation is 1. The van der Waals surface area contributed by atoms with Crippen LogP contribution in [-0.2, 0) is 16.1 Å². The van der Waals surface area contributed by atoms with Crippen LogP contribution in [0.25, 0.3) is 11.1 Å². The molecule has 0 saturated carbocycles. The van der Waals surface area contributed by atoms with Crippen LogP contribution in [0.15, 0.2) is 49.1 Å². The topological polar surface area (TPSA) is 88.9 Å². The second kappa shape index (κ2) is 8.43. The van der Waals surface area contributed by atoms with Crippen molar-refractivity contribution in [1.29, 1.82) is 0 Å². The van der Waals surface area contributed by atoms with Gasteiger partial charge in [0.05, 0.1) is 23.9 Å². The number of aromatic nitrogens is 3. The highest BCUT2D eigenvalue weighted by Gasteiger charge is 2.16. The molecular weight excluding hydrogens is 361 g/mol. The van der Waals surface area contributed by atoms with E-state index >= 15 is 0 Å². The Morgan fingerprint density at radius 3 is 2.54 bits per heavy atom. The van der Waals surface area contributed by atoms with Crippen molar-refractivity contribution in [3.05, 3.63) is 66.3 Å². The summed E-state index contributed by atoms with van der Waals surface area (Å²) in [5, 5.41) is 5.15. The Labute approximate surface area is 161 Å². The summed E-state index contributed by atoms with van der Waals surface area (Å²) in [5.41, 5.74) is 3.65. The summed E-state index contributed by atoms with van der Waals surface area (Å²) in [6.45, 7) is 4.65. The van der Waals surface area contributed by atoms with Crippen molar-refractivity contribution in [2.24, 2.45) is 0 Å². The van der Waals surface area contributed by atoms with E-state index in [-0.39, 0.29) is 5.82 Å². The zero-order chi connectivity index (χ0) is 20.1. The van der Waals surface area contributed by atoms with Crippen molar-refractivity contribution in [1.82, 2.24) is 19.9 Å². The molecule has 0 aliphatic heterocycles. The van der Waals surface area contributed by atoms with Gasteiger partial charge in [0.1, 0.15) is 5.82 Å². The largest absolute Gasteiger partial charge is 0.346 e. The maximum Gasteiger partial charge on any atom is 0.313 e. The summed E-state index contributed by atoms with van der Waals surface area (Å²) in [5.74, 6) is -1.90. The standard InChI is InChI=1S/C20H20FN5O2/c1-13-14(2)26(12-24-13)10-9-23-19(27)20(28)25-18-11-22-8-7-17(18)15-3-5-16(21)6-4-15/h3-8,11-12H,9-10H2,1-2H3,(H,23,27)(H,25,28). The molecule has 0 bridgehead atoms. The van der Waals surface area contributed by atoms with Crippen LogP contribution in [0.5, 0.6) is 0 Å². The third-order valence-electron chi connectivity index (χ3n) is 4.41. The number of hydrogen-bond donors (Lipinski definition) is 2.